The standard InChI is InChI=1S/C11H21N3O.C2H4O2/c12-10(15)11(4-6-13-7-5-11)14-8-2-1-3-9-14;1-2(3)4/h13H,1-9H2,(H2,12,15);1H3,(H,3,4). The molecule has 0 bridgehead atoms. The average Bonchev–Trinajstić information content (AvgIpc) is 2.40. The first-order valence-corrected chi connectivity index (χ1v) is 6.94. The molecule has 2 heterocycles. The van der Waals surface area contributed by atoms with Crippen LogP contribution in [0.5, 0.6) is 0 Å². The van der Waals surface area contributed by atoms with E-state index in [1.807, 2.05) is 0 Å². The minimum atomic E-state index is -0.833. The van der Waals surface area contributed by atoms with Crippen LogP contribution in [0.4, 0.5) is 0 Å². The summed E-state index contributed by atoms with van der Waals surface area (Å²) in [5.74, 6) is -0.953. The van der Waals surface area contributed by atoms with E-state index < -0.39 is 5.97 Å². The maximum absolute atomic E-state index is 11.7. The Labute approximate surface area is 114 Å². The van der Waals surface area contributed by atoms with Gasteiger partial charge in [-0.1, -0.05) is 6.42 Å². The summed E-state index contributed by atoms with van der Waals surface area (Å²) in [6.45, 7) is 5.00. The number of nitrogens with zero attached hydrogens (tertiary/aromatic N) is 1. The molecule has 2 rings (SSSR count). The van der Waals surface area contributed by atoms with Crippen LogP contribution < -0.4 is 11.1 Å². The van der Waals surface area contributed by atoms with Crippen LogP contribution in [0.25, 0.3) is 0 Å². The lowest BCUT2D eigenvalue weighted by atomic mass is 9.84. The molecule has 6 nitrogen and oxygen atoms in total. The molecule has 0 unspecified atom stereocenters. The quantitative estimate of drug-likeness (QED) is 0.665. The molecule has 0 aliphatic carbocycles. The number of hydrogen-bond donors (Lipinski definition) is 3. The third kappa shape index (κ3) is 4.47. The minimum absolute atomic E-state index is 0.120. The van der Waals surface area contributed by atoms with E-state index in [1.54, 1.807) is 0 Å². The lowest BCUT2D eigenvalue weighted by Crippen LogP contribution is -2.62. The molecular weight excluding hydrogens is 246 g/mol. The number of aliphatic carboxylic acids is 1. The van der Waals surface area contributed by atoms with Gasteiger partial charge >= 0.3 is 0 Å². The van der Waals surface area contributed by atoms with Crippen LogP contribution in [-0.2, 0) is 9.59 Å². The molecule has 0 aromatic carbocycles. The maximum Gasteiger partial charge on any atom is 0.300 e. The predicted molar refractivity (Wildman–Crippen MR) is 72.8 cm³/mol. The summed E-state index contributed by atoms with van der Waals surface area (Å²) in [7, 11) is 0. The van der Waals surface area contributed by atoms with Gasteiger partial charge in [-0.15, -0.1) is 0 Å². The van der Waals surface area contributed by atoms with Gasteiger partial charge in [-0.05, 0) is 51.9 Å². The summed E-state index contributed by atoms with van der Waals surface area (Å²) >= 11 is 0. The summed E-state index contributed by atoms with van der Waals surface area (Å²) in [5.41, 5.74) is 5.28. The van der Waals surface area contributed by atoms with Crippen LogP contribution in [-0.4, -0.2) is 53.6 Å². The van der Waals surface area contributed by atoms with Gasteiger partial charge in [-0.2, -0.15) is 0 Å². The van der Waals surface area contributed by atoms with Crippen molar-refractivity contribution in [3.05, 3.63) is 0 Å². The molecule has 2 aliphatic heterocycles. The zero-order valence-electron chi connectivity index (χ0n) is 11.7. The molecule has 4 N–H and O–H groups in total. The third-order valence-corrected chi connectivity index (χ3v) is 3.85. The van der Waals surface area contributed by atoms with Crippen molar-refractivity contribution in [2.24, 2.45) is 5.73 Å². The van der Waals surface area contributed by atoms with Crippen molar-refractivity contribution in [3.8, 4) is 0 Å². The number of rotatable bonds is 2. The van der Waals surface area contributed by atoms with E-state index in [2.05, 4.69) is 10.2 Å². The van der Waals surface area contributed by atoms with Gasteiger partial charge in [0.15, 0.2) is 0 Å². The number of carbonyl (C=O) groups excluding carboxylic acids is 1. The molecule has 2 aliphatic rings. The van der Waals surface area contributed by atoms with Crippen LogP contribution in [0, 0.1) is 0 Å². The number of amides is 1. The number of likely N-dealkylation sites (tertiary alicyclic amines) is 1. The van der Waals surface area contributed by atoms with E-state index in [0.717, 1.165) is 45.9 Å². The molecule has 2 saturated heterocycles. The summed E-state index contributed by atoms with van der Waals surface area (Å²) in [6.07, 6.45) is 5.47. The number of nitrogens with one attached hydrogen (secondary N) is 1. The van der Waals surface area contributed by atoms with Crippen molar-refractivity contribution in [3.63, 3.8) is 0 Å². The highest BCUT2D eigenvalue weighted by molar-refractivity contribution is 5.84. The first-order chi connectivity index (χ1) is 8.99. The zero-order chi connectivity index (χ0) is 14.3. The molecular formula is C13H25N3O3. The number of carboxylic acid groups (broad SMARTS) is 1. The Kier molecular flexibility index (Phi) is 6.24. The Hall–Kier alpha value is -1.14. The van der Waals surface area contributed by atoms with Gasteiger partial charge in [0.1, 0.15) is 5.54 Å². The molecule has 110 valence electrons. The number of carboxylic acids is 1. The molecule has 0 saturated carbocycles. The lowest BCUT2D eigenvalue weighted by Gasteiger charge is -2.45. The van der Waals surface area contributed by atoms with Crippen molar-refractivity contribution in [1.29, 1.82) is 0 Å². The first kappa shape index (κ1) is 15.9. The maximum atomic E-state index is 11.7. The number of primary amides is 1. The molecule has 1 amide bonds. The second kappa shape index (κ2) is 7.45. The van der Waals surface area contributed by atoms with Crippen LogP contribution in [0.1, 0.15) is 39.0 Å². The summed E-state index contributed by atoms with van der Waals surface area (Å²) in [5, 5.41) is 10.7. The fourth-order valence-electron chi connectivity index (χ4n) is 2.88. The van der Waals surface area contributed by atoms with Gasteiger partial charge in [-0.25, -0.2) is 0 Å². The summed E-state index contributed by atoms with van der Waals surface area (Å²) < 4.78 is 0. The minimum Gasteiger partial charge on any atom is -0.481 e. The Bertz CT molecular complexity index is 304. The summed E-state index contributed by atoms with van der Waals surface area (Å²) in [6, 6.07) is 0. The van der Waals surface area contributed by atoms with Gasteiger partial charge in [-0.3, -0.25) is 14.5 Å². The highest BCUT2D eigenvalue weighted by atomic mass is 16.4. The van der Waals surface area contributed by atoms with Crippen molar-refractivity contribution in [2.75, 3.05) is 26.2 Å². The van der Waals surface area contributed by atoms with Crippen molar-refractivity contribution in [1.82, 2.24) is 10.2 Å². The van der Waals surface area contributed by atoms with Crippen LogP contribution in [0.3, 0.4) is 0 Å². The van der Waals surface area contributed by atoms with E-state index >= 15 is 0 Å². The van der Waals surface area contributed by atoms with E-state index in [1.165, 1.54) is 19.3 Å². The SMILES string of the molecule is CC(=O)O.NC(=O)C1(N2CCCCC2)CCNCC1. The van der Waals surface area contributed by atoms with E-state index in [4.69, 9.17) is 15.6 Å². The Morgan fingerprint density at radius 3 is 2.05 bits per heavy atom. The second-order valence-corrected chi connectivity index (χ2v) is 5.21. The highest BCUT2D eigenvalue weighted by Crippen LogP contribution is 2.28. The summed E-state index contributed by atoms with van der Waals surface area (Å²) in [4.78, 5) is 23.1. The number of carbonyl (C=O) groups is 2. The fraction of sp³-hybridized carbons (Fsp3) is 0.846. The van der Waals surface area contributed by atoms with Gasteiger partial charge in [0.25, 0.3) is 5.97 Å². The topological polar surface area (TPSA) is 95.7 Å². The number of hydrogen-bond acceptors (Lipinski definition) is 4. The predicted octanol–water partition coefficient (Wildman–Crippen LogP) is 0.171. The molecule has 0 radical (unpaired) electrons. The highest BCUT2D eigenvalue weighted by Gasteiger charge is 2.43. The monoisotopic (exact) mass is 271 g/mol. The Morgan fingerprint density at radius 2 is 1.63 bits per heavy atom. The van der Waals surface area contributed by atoms with Crippen molar-refractivity contribution < 1.29 is 14.7 Å². The Balaban J connectivity index is 0.000000399. The molecule has 6 heteroatoms. The van der Waals surface area contributed by atoms with Gasteiger partial charge in [0.2, 0.25) is 5.91 Å². The Morgan fingerprint density at radius 1 is 1.16 bits per heavy atom. The smallest absolute Gasteiger partial charge is 0.300 e. The van der Waals surface area contributed by atoms with E-state index in [0.29, 0.717) is 0 Å². The molecule has 0 atom stereocenters. The van der Waals surface area contributed by atoms with Crippen molar-refractivity contribution in [2.45, 2.75) is 44.6 Å². The second-order valence-electron chi connectivity index (χ2n) is 5.21. The fourth-order valence-corrected chi connectivity index (χ4v) is 2.88. The van der Waals surface area contributed by atoms with Gasteiger partial charge in [0.05, 0.1) is 0 Å². The van der Waals surface area contributed by atoms with Gasteiger partial charge in [0, 0.05) is 6.92 Å². The number of nitrogens with two attached hydrogens (primary N) is 1. The molecule has 2 fully saturated rings. The molecule has 0 spiro atoms. The first-order valence-electron chi connectivity index (χ1n) is 6.94. The normalized spacial score (nSPS) is 23.0. The largest absolute Gasteiger partial charge is 0.481 e. The van der Waals surface area contributed by atoms with Crippen LogP contribution in [0.2, 0.25) is 0 Å². The van der Waals surface area contributed by atoms with Crippen molar-refractivity contribution >= 4 is 11.9 Å². The molecule has 19 heavy (non-hydrogen) atoms. The zero-order valence-corrected chi connectivity index (χ0v) is 11.7. The third-order valence-electron chi connectivity index (χ3n) is 3.85. The van der Waals surface area contributed by atoms with Crippen LogP contribution in [0.15, 0.2) is 0 Å². The molecule has 0 aromatic heterocycles. The van der Waals surface area contributed by atoms with E-state index in [9.17, 15) is 4.79 Å². The van der Waals surface area contributed by atoms with E-state index in [-0.39, 0.29) is 11.4 Å². The molecule has 0 aromatic rings. The van der Waals surface area contributed by atoms with Gasteiger partial charge < -0.3 is 16.2 Å². The lowest BCUT2D eigenvalue weighted by molar-refractivity contribution is -0.134. The number of piperidine rings is 2. The average molecular weight is 271 g/mol. The van der Waals surface area contributed by atoms with Crippen LogP contribution >= 0.6 is 0 Å².